The van der Waals surface area contributed by atoms with E-state index < -0.39 is 5.97 Å². The fourth-order valence-electron chi connectivity index (χ4n) is 1.98. The standard InChI is InChI=1S/C14H15N3O3S/c1-7-12(21-8(2)16-7)13(18)17(3)11-5-4-9(14(19)20)6-10(11)15/h4-6H,15H2,1-3H3,(H,19,20). The number of aromatic nitrogens is 1. The molecule has 0 bridgehead atoms. The predicted molar refractivity (Wildman–Crippen MR) is 82.1 cm³/mol. The molecular formula is C14H15N3O3S. The summed E-state index contributed by atoms with van der Waals surface area (Å²) in [5.74, 6) is -1.27. The van der Waals surface area contributed by atoms with Crippen molar-refractivity contribution in [3.63, 3.8) is 0 Å². The highest BCUT2D eigenvalue weighted by atomic mass is 32.1. The molecule has 2 aromatic rings. The van der Waals surface area contributed by atoms with Crippen LogP contribution in [0, 0.1) is 13.8 Å². The van der Waals surface area contributed by atoms with Gasteiger partial charge in [0.05, 0.1) is 27.6 Å². The summed E-state index contributed by atoms with van der Waals surface area (Å²) in [4.78, 5) is 29.6. The monoisotopic (exact) mass is 305 g/mol. The van der Waals surface area contributed by atoms with Crippen LogP contribution in [0.4, 0.5) is 11.4 Å². The van der Waals surface area contributed by atoms with Gasteiger partial charge in [0.1, 0.15) is 4.88 Å². The Bertz CT molecular complexity index is 724. The van der Waals surface area contributed by atoms with Crippen LogP contribution in [0.15, 0.2) is 18.2 Å². The first-order valence-corrected chi connectivity index (χ1v) is 6.97. The van der Waals surface area contributed by atoms with Gasteiger partial charge in [0, 0.05) is 7.05 Å². The number of rotatable bonds is 3. The van der Waals surface area contributed by atoms with Gasteiger partial charge in [0.2, 0.25) is 0 Å². The highest BCUT2D eigenvalue weighted by Gasteiger charge is 2.21. The molecule has 0 saturated heterocycles. The van der Waals surface area contributed by atoms with Gasteiger partial charge in [-0.15, -0.1) is 11.3 Å². The molecule has 21 heavy (non-hydrogen) atoms. The number of carboxylic acids is 1. The lowest BCUT2D eigenvalue weighted by molar-refractivity contribution is 0.0697. The lowest BCUT2D eigenvalue weighted by Gasteiger charge is -2.19. The van der Waals surface area contributed by atoms with Crippen molar-refractivity contribution in [1.29, 1.82) is 0 Å². The number of aryl methyl sites for hydroxylation is 2. The van der Waals surface area contributed by atoms with Crippen molar-refractivity contribution in [3.05, 3.63) is 39.3 Å². The van der Waals surface area contributed by atoms with Crippen LogP contribution in [-0.2, 0) is 0 Å². The number of aromatic carboxylic acids is 1. The molecule has 1 aromatic carbocycles. The Balaban J connectivity index is 2.36. The third kappa shape index (κ3) is 2.87. The largest absolute Gasteiger partial charge is 0.478 e. The van der Waals surface area contributed by atoms with E-state index in [1.54, 1.807) is 14.0 Å². The number of carboxylic acid groups (broad SMARTS) is 1. The summed E-state index contributed by atoms with van der Waals surface area (Å²) in [6.07, 6.45) is 0. The minimum Gasteiger partial charge on any atom is -0.478 e. The van der Waals surface area contributed by atoms with Crippen molar-refractivity contribution in [2.45, 2.75) is 13.8 Å². The lowest BCUT2D eigenvalue weighted by atomic mass is 10.1. The normalized spacial score (nSPS) is 10.4. The number of hydrogen-bond acceptors (Lipinski definition) is 5. The Morgan fingerprint density at radius 1 is 1.33 bits per heavy atom. The number of carbonyl (C=O) groups excluding carboxylic acids is 1. The molecule has 0 aliphatic carbocycles. The molecule has 0 unspecified atom stereocenters. The van der Waals surface area contributed by atoms with Gasteiger partial charge >= 0.3 is 5.97 Å². The molecule has 0 fully saturated rings. The molecule has 1 heterocycles. The smallest absolute Gasteiger partial charge is 0.335 e. The Kier molecular flexibility index (Phi) is 3.95. The summed E-state index contributed by atoms with van der Waals surface area (Å²) < 4.78 is 0. The maximum absolute atomic E-state index is 12.5. The number of nitrogens with two attached hydrogens (primary N) is 1. The molecule has 0 radical (unpaired) electrons. The van der Waals surface area contributed by atoms with Crippen molar-refractivity contribution < 1.29 is 14.7 Å². The van der Waals surface area contributed by atoms with Gasteiger partial charge < -0.3 is 15.7 Å². The van der Waals surface area contributed by atoms with Gasteiger partial charge in [0.25, 0.3) is 5.91 Å². The highest BCUT2D eigenvalue weighted by Crippen LogP contribution is 2.27. The number of benzene rings is 1. The van der Waals surface area contributed by atoms with E-state index in [0.29, 0.717) is 16.3 Å². The van der Waals surface area contributed by atoms with Gasteiger partial charge in [-0.1, -0.05) is 0 Å². The van der Waals surface area contributed by atoms with Crippen molar-refractivity contribution >= 4 is 34.6 Å². The number of amides is 1. The van der Waals surface area contributed by atoms with Gasteiger partial charge in [-0.2, -0.15) is 0 Å². The summed E-state index contributed by atoms with van der Waals surface area (Å²) in [6.45, 7) is 3.62. The number of nitrogens with zero attached hydrogens (tertiary/aromatic N) is 2. The Labute approximate surface area is 125 Å². The molecule has 7 heteroatoms. The third-order valence-electron chi connectivity index (χ3n) is 3.04. The van der Waals surface area contributed by atoms with Crippen LogP contribution in [0.1, 0.15) is 30.7 Å². The van der Waals surface area contributed by atoms with Crippen molar-refractivity contribution in [2.24, 2.45) is 0 Å². The second-order valence-corrected chi connectivity index (χ2v) is 5.79. The summed E-state index contributed by atoms with van der Waals surface area (Å²) in [7, 11) is 1.60. The molecule has 0 atom stereocenters. The third-order valence-corrected chi connectivity index (χ3v) is 4.10. The number of thiazole rings is 1. The summed E-state index contributed by atoms with van der Waals surface area (Å²) in [6, 6.07) is 4.29. The zero-order valence-corrected chi connectivity index (χ0v) is 12.7. The number of anilines is 2. The number of carbonyl (C=O) groups is 2. The van der Waals surface area contributed by atoms with Crippen LogP contribution < -0.4 is 10.6 Å². The average Bonchev–Trinajstić information content (AvgIpc) is 2.75. The van der Waals surface area contributed by atoms with Gasteiger partial charge in [0.15, 0.2) is 0 Å². The SMILES string of the molecule is Cc1nc(C)c(C(=O)N(C)c2ccc(C(=O)O)cc2N)s1. The fourth-order valence-corrected chi connectivity index (χ4v) is 2.88. The zero-order chi connectivity index (χ0) is 15.7. The first kappa shape index (κ1) is 15.0. The Hall–Kier alpha value is -2.41. The molecule has 1 amide bonds. The maximum atomic E-state index is 12.5. The van der Waals surface area contributed by atoms with E-state index in [1.807, 2.05) is 6.92 Å². The second kappa shape index (κ2) is 5.53. The Morgan fingerprint density at radius 2 is 2.00 bits per heavy atom. The predicted octanol–water partition coefficient (Wildman–Crippen LogP) is 2.32. The number of nitrogen functional groups attached to an aromatic ring is 1. The van der Waals surface area contributed by atoms with E-state index in [0.717, 1.165) is 5.01 Å². The van der Waals surface area contributed by atoms with Crippen LogP contribution in [-0.4, -0.2) is 29.0 Å². The van der Waals surface area contributed by atoms with E-state index in [9.17, 15) is 9.59 Å². The van der Waals surface area contributed by atoms with Crippen LogP contribution in [0.2, 0.25) is 0 Å². The molecule has 6 nitrogen and oxygen atoms in total. The summed E-state index contributed by atoms with van der Waals surface area (Å²) >= 11 is 1.32. The highest BCUT2D eigenvalue weighted by molar-refractivity contribution is 7.13. The molecule has 110 valence electrons. The van der Waals surface area contributed by atoms with E-state index in [-0.39, 0.29) is 17.2 Å². The summed E-state index contributed by atoms with van der Waals surface area (Å²) in [5.41, 5.74) is 7.32. The van der Waals surface area contributed by atoms with Crippen molar-refractivity contribution in [1.82, 2.24) is 4.98 Å². The van der Waals surface area contributed by atoms with Crippen LogP contribution in [0.5, 0.6) is 0 Å². The molecule has 0 spiro atoms. The molecule has 2 rings (SSSR count). The van der Waals surface area contributed by atoms with Crippen molar-refractivity contribution in [2.75, 3.05) is 17.7 Å². The minimum absolute atomic E-state index is 0.0851. The van der Waals surface area contributed by atoms with E-state index in [2.05, 4.69) is 4.98 Å². The zero-order valence-electron chi connectivity index (χ0n) is 11.9. The average molecular weight is 305 g/mol. The second-order valence-electron chi connectivity index (χ2n) is 4.59. The first-order chi connectivity index (χ1) is 9.81. The minimum atomic E-state index is -1.06. The Morgan fingerprint density at radius 3 is 2.48 bits per heavy atom. The van der Waals surface area contributed by atoms with Crippen molar-refractivity contribution in [3.8, 4) is 0 Å². The van der Waals surface area contributed by atoms with E-state index >= 15 is 0 Å². The quantitative estimate of drug-likeness (QED) is 0.848. The fraction of sp³-hybridized carbons (Fsp3) is 0.214. The molecule has 1 aromatic heterocycles. The van der Waals surface area contributed by atoms with Crippen LogP contribution >= 0.6 is 11.3 Å². The van der Waals surface area contributed by atoms with E-state index in [1.165, 1.54) is 34.4 Å². The van der Waals surface area contributed by atoms with Gasteiger partial charge in [-0.05, 0) is 32.0 Å². The first-order valence-electron chi connectivity index (χ1n) is 6.16. The van der Waals surface area contributed by atoms with Crippen LogP contribution in [0.25, 0.3) is 0 Å². The molecule has 0 aliphatic heterocycles. The molecule has 0 saturated carbocycles. The van der Waals surface area contributed by atoms with Gasteiger partial charge in [-0.25, -0.2) is 9.78 Å². The molecular weight excluding hydrogens is 290 g/mol. The van der Waals surface area contributed by atoms with E-state index in [4.69, 9.17) is 10.8 Å². The van der Waals surface area contributed by atoms with Crippen LogP contribution in [0.3, 0.4) is 0 Å². The summed E-state index contributed by atoms with van der Waals surface area (Å²) in [5, 5.41) is 9.74. The maximum Gasteiger partial charge on any atom is 0.335 e. The topological polar surface area (TPSA) is 96.5 Å². The molecule has 3 N–H and O–H groups in total. The van der Waals surface area contributed by atoms with Gasteiger partial charge in [-0.3, -0.25) is 4.79 Å². The lowest BCUT2D eigenvalue weighted by Crippen LogP contribution is -2.27. The number of hydrogen-bond donors (Lipinski definition) is 2. The molecule has 0 aliphatic rings.